The van der Waals surface area contributed by atoms with Crippen LogP contribution in [-0.4, -0.2) is 11.4 Å². The maximum atomic E-state index is 15.2. The van der Waals surface area contributed by atoms with Gasteiger partial charge in [0.1, 0.15) is 22.7 Å². The van der Waals surface area contributed by atoms with E-state index in [2.05, 4.69) is 0 Å². The Labute approximate surface area is 354 Å². The number of aliphatic hydroxyl groups excluding tert-OH is 1. The van der Waals surface area contributed by atoms with Crippen molar-refractivity contribution in [3.05, 3.63) is 207 Å². The Morgan fingerprint density at radius 1 is 0.469 bits per heavy atom. The summed E-state index contributed by atoms with van der Waals surface area (Å²) in [5, 5.41) is 11.4. The molecule has 16 heteroatoms. The van der Waals surface area contributed by atoms with Crippen molar-refractivity contribution in [2.24, 2.45) is 0 Å². The minimum Gasteiger partial charge on any atom is -0.460 e. The number of para-hydroxylation sites is 2. The van der Waals surface area contributed by atoms with Crippen LogP contribution in [0.15, 0.2) is 137 Å². The number of hydrogen-bond acceptors (Lipinski definition) is 6. The molecule has 0 fully saturated rings. The number of hydrogen-bond donors (Lipinski definition) is 1. The van der Waals surface area contributed by atoms with Crippen molar-refractivity contribution in [3.8, 4) is 16.9 Å². The maximum Gasteiger partial charge on any atom is 0.344 e. The van der Waals surface area contributed by atoms with Crippen LogP contribution in [0.1, 0.15) is 11.1 Å². The molecule has 64 heavy (non-hydrogen) atoms. The molecule has 320 valence electrons. The maximum absolute atomic E-state index is 15.2. The first kappa shape index (κ1) is 41.5. The monoisotopic (exact) mass is 882 g/mol. The van der Waals surface area contributed by atoms with Crippen LogP contribution >= 0.6 is 0 Å². The molecular weight excluding hydrogens is 859 g/mol. The van der Waals surface area contributed by atoms with E-state index >= 15 is 17.6 Å². The summed E-state index contributed by atoms with van der Waals surface area (Å²) in [4.78, 5) is 15.0. The summed E-state index contributed by atoms with van der Waals surface area (Å²) in [7, 11) is 0. The molecule has 1 aromatic heterocycles. The van der Waals surface area contributed by atoms with Crippen molar-refractivity contribution in [3.63, 3.8) is 0 Å². The largest absolute Gasteiger partial charge is 0.460 e. The zero-order valence-electron chi connectivity index (χ0n) is 32.1. The van der Waals surface area contributed by atoms with E-state index in [0.717, 1.165) is 9.80 Å². The minimum atomic E-state index is -2.33. The van der Waals surface area contributed by atoms with E-state index in [1.165, 1.54) is 91.0 Å². The number of ether oxygens (including phenoxy) is 1. The first-order chi connectivity index (χ1) is 30.7. The summed E-state index contributed by atoms with van der Waals surface area (Å²) >= 11 is 0. The molecule has 1 aliphatic rings. The summed E-state index contributed by atoms with van der Waals surface area (Å²) in [6, 6.07) is 30.5. The highest BCUT2D eigenvalue weighted by Gasteiger charge is 2.33. The van der Waals surface area contributed by atoms with Gasteiger partial charge in [0.25, 0.3) is 0 Å². The molecule has 0 saturated carbocycles. The highest BCUT2D eigenvalue weighted by molar-refractivity contribution is 5.91. The van der Waals surface area contributed by atoms with Crippen LogP contribution in [0.3, 0.4) is 0 Å². The molecule has 0 saturated heterocycles. The van der Waals surface area contributed by atoms with Crippen LogP contribution in [0.4, 0.5) is 78.0 Å². The van der Waals surface area contributed by atoms with E-state index in [1.807, 2.05) is 0 Å². The van der Waals surface area contributed by atoms with Crippen LogP contribution < -0.4 is 20.2 Å². The third-order valence-electron chi connectivity index (χ3n) is 10.4. The molecule has 0 spiro atoms. The SMILES string of the molecule is O=c1oc2cc(N(c3ccccc3)c3c(F)c(F)c(F)c(F)c3F)ccc2cc1-c1ccc(C2=Cc3ccc(N(c4ccccc4)c4c(F)c(F)c(F)c(F)c4F)cc3OC2O)cc1. The van der Waals surface area contributed by atoms with Crippen LogP contribution in [0, 0.1) is 58.2 Å². The van der Waals surface area contributed by atoms with Crippen molar-refractivity contribution >= 4 is 56.7 Å². The molecule has 2 heterocycles. The molecule has 9 rings (SSSR count). The van der Waals surface area contributed by atoms with Crippen LogP contribution in [0.2, 0.25) is 0 Å². The standard InChI is InChI=1S/C48H24F10N2O4/c49-35-37(51)41(55)45(42(56)38(35)52)59(27-7-3-1-4-8-27)29-17-15-25-19-31(47(61)63-33(25)21-29)23-11-13-24(14-12-23)32-20-26-16-18-30(22-34(26)64-48(32)62)60(28-9-5-2-6-10-28)46-43(57)39(53)36(50)40(54)44(46)58/h1-22,47,61H. The number of nitrogens with zero attached hydrogens (tertiary/aromatic N) is 2. The van der Waals surface area contributed by atoms with Gasteiger partial charge in [0, 0.05) is 40.0 Å². The summed E-state index contributed by atoms with van der Waals surface area (Å²) in [5.41, 5.74) is -2.01. The molecule has 0 bridgehead atoms. The summed E-state index contributed by atoms with van der Waals surface area (Å²) in [6.07, 6.45) is -0.0612. The lowest BCUT2D eigenvalue weighted by Crippen LogP contribution is -2.22. The molecular formula is C48H24F10N2O4. The third-order valence-corrected chi connectivity index (χ3v) is 10.4. The van der Waals surface area contributed by atoms with Crippen LogP contribution in [0.25, 0.3) is 33.7 Å². The van der Waals surface area contributed by atoms with E-state index in [1.54, 1.807) is 42.5 Å². The predicted octanol–water partition coefficient (Wildman–Crippen LogP) is 13.0. The number of aliphatic hydroxyl groups is 1. The van der Waals surface area contributed by atoms with Gasteiger partial charge in [-0.3, -0.25) is 0 Å². The Hall–Kier alpha value is -7.85. The number of halogens is 10. The van der Waals surface area contributed by atoms with Gasteiger partial charge in [0.15, 0.2) is 46.5 Å². The molecule has 0 aliphatic carbocycles. The second kappa shape index (κ2) is 16.1. The topological polar surface area (TPSA) is 66.2 Å². The predicted molar refractivity (Wildman–Crippen MR) is 218 cm³/mol. The number of fused-ring (bicyclic) bond motifs is 2. The van der Waals surface area contributed by atoms with E-state index < -0.39 is 81.5 Å². The fourth-order valence-corrected chi connectivity index (χ4v) is 7.36. The lowest BCUT2D eigenvalue weighted by atomic mass is 9.96. The van der Waals surface area contributed by atoms with E-state index in [0.29, 0.717) is 22.1 Å². The van der Waals surface area contributed by atoms with Gasteiger partial charge < -0.3 is 24.1 Å². The molecule has 0 radical (unpaired) electrons. The highest BCUT2D eigenvalue weighted by Crippen LogP contribution is 2.45. The van der Waals surface area contributed by atoms with Gasteiger partial charge in [0.2, 0.25) is 17.9 Å². The quantitative estimate of drug-likeness (QED) is 0.0710. The Bertz CT molecular complexity index is 3200. The Morgan fingerprint density at radius 3 is 1.44 bits per heavy atom. The molecule has 1 N–H and O–H groups in total. The minimum absolute atomic E-state index is 0.00579. The Balaban J connectivity index is 1.03. The number of rotatable bonds is 8. The van der Waals surface area contributed by atoms with Crippen molar-refractivity contribution in [1.29, 1.82) is 0 Å². The van der Waals surface area contributed by atoms with Gasteiger partial charge in [-0.1, -0.05) is 60.7 Å². The van der Waals surface area contributed by atoms with Gasteiger partial charge in [-0.15, -0.1) is 0 Å². The Kier molecular flexibility index (Phi) is 10.5. The zero-order chi connectivity index (χ0) is 45.1. The normalized spacial score (nSPS) is 13.4. The average molecular weight is 883 g/mol. The molecule has 7 aromatic carbocycles. The van der Waals surface area contributed by atoms with E-state index in [9.17, 15) is 36.2 Å². The van der Waals surface area contributed by atoms with Gasteiger partial charge >= 0.3 is 5.63 Å². The van der Waals surface area contributed by atoms with Crippen molar-refractivity contribution in [2.45, 2.75) is 6.29 Å². The lowest BCUT2D eigenvalue weighted by Gasteiger charge is -2.29. The smallest absolute Gasteiger partial charge is 0.344 e. The number of anilines is 6. The highest BCUT2D eigenvalue weighted by atomic mass is 19.2. The van der Waals surface area contributed by atoms with Crippen molar-refractivity contribution in [1.82, 2.24) is 0 Å². The van der Waals surface area contributed by atoms with E-state index in [4.69, 9.17) is 9.15 Å². The molecule has 6 nitrogen and oxygen atoms in total. The second-order valence-electron chi connectivity index (χ2n) is 14.2. The fourth-order valence-electron chi connectivity index (χ4n) is 7.36. The zero-order valence-corrected chi connectivity index (χ0v) is 32.1. The first-order valence-electron chi connectivity index (χ1n) is 18.9. The van der Waals surface area contributed by atoms with E-state index in [-0.39, 0.29) is 45.2 Å². The molecule has 1 unspecified atom stereocenters. The molecule has 1 atom stereocenters. The van der Waals surface area contributed by atoms with Gasteiger partial charge in [-0.25, -0.2) is 48.7 Å². The fraction of sp³-hybridized carbons (Fsp3) is 0.0208. The molecule has 8 aromatic rings. The van der Waals surface area contributed by atoms with Crippen LogP contribution in [0.5, 0.6) is 5.75 Å². The third kappa shape index (κ3) is 6.97. The molecule has 1 aliphatic heterocycles. The summed E-state index contributed by atoms with van der Waals surface area (Å²) in [5.74, 6) is -21.5. The van der Waals surface area contributed by atoms with Gasteiger partial charge in [0.05, 0.1) is 16.9 Å². The average Bonchev–Trinajstić information content (AvgIpc) is 3.31. The Morgan fingerprint density at radius 2 is 0.922 bits per heavy atom. The van der Waals surface area contributed by atoms with Crippen molar-refractivity contribution in [2.75, 3.05) is 9.80 Å². The van der Waals surface area contributed by atoms with Gasteiger partial charge in [-0.05, 0) is 71.8 Å². The summed E-state index contributed by atoms with van der Waals surface area (Å²) < 4.78 is 158. The van der Waals surface area contributed by atoms with Crippen molar-refractivity contribution < 1.29 is 58.2 Å². The molecule has 0 amide bonds. The van der Waals surface area contributed by atoms with Crippen LogP contribution in [-0.2, 0) is 0 Å². The second-order valence-corrected chi connectivity index (χ2v) is 14.2. The lowest BCUT2D eigenvalue weighted by molar-refractivity contribution is 0.0320. The van der Waals surface area contributed by atoms with Gasteiger partial charge in [-0.2, -0.15) is 0 Å². The summed E-state index contributed by atoms with van der Waals surface area (Å²) in [6.45, 7) is 0. The number of benzene rings is 7. The first-order valence-corrected chi connectivity index (χ1v) is 18.9.